The minimum atomic E-state index is 0.110. The zero-order valence-electron chi connectivity index (χ0n) is 19.5. The summed E-state index contributed by atoms with van der Waals surface area (Å²) in [5, 5.41) is 36.3. The summed E-state index contributed by atoms with van der Waals surface area (Å²) in [5.74, 6) is 0. The maximum atomic E-state index is 9.09. The lowest BCUT2D eigenvalue weighted by molar-refractivity contribution is 1.16. The van der Waals surface area contributed by atoms with Crippen LogP contribution in [0, 0.1) is 45.3 Å². The summed E-state index contributed by atoms with van der Waals surface area (Å²) in [7, 11) is 0. The summed E-state index contributed by atoms with van der Waals surface area (Å²) < 4.78 is 0. The highest BCUT2D eigenvalue weighted by Crippen LogP contribution is 2.45. The third kappa shape index (κ3) is 5.24. The van der Waals surface area contributed by atoms with E-state index in [2.05, 4.69) is 50.2 Å². The van der Waals surface area contributed by atoms with Crippen molar-refractivity contribution in [2.75, 3.05) is 0 Å². The summed E-state index contributed by atoms with van der Waals surface area (Å²) in [4.78, 5) is 8.92. The van der Waals surface area contributed by atoms with Crippen LogP contribution in [0.15, 0.2) is 47.5 Å². The van der Waals surface area contributed by atoms with Crippen LogP contribution in [-0.4, -0.2) is 0 Å². The van der Waals surface area contributed by atoms with E-state index in [4.69, 9.17) is 21.0 Å². The van der Waals surface area contributed by atoms with Gasteiger partial charge < -0.3 is 0 Å². The Morgan fingerprint density at radius 2 is 0.972 bits per heavy atom. The summed E-state index contributed by atoms with van der Waals surface area (Å²) in [6.45, 7) is 4.22. The summed E-state index contributed by atoms with van der Waals surface area (Å²) in [5.41, 5.74) is 2.64. The Morgan fingerprint density at radius 3 is 1.31 bits per heavy atom. The van der Waals surface area contributed by atoms with Gasteiger partial charge in [0.25, 0.3) is 0 Å². The van der Waals surface area contributed by atoms with Crippen LogP contribution in [0.3, 0.4) is 0 Å². The molecule has 0 radical (unpaired) electrons. The van der Waals surface area contributed by atoms with Crippen molar-refractivity contribution < 1.29 is 0 Å². The van der Waals surface area contributed by atoms with Crippen molar-refractivity contribution >= 4 is 57.5 Å². The molecule has 0 saturated heterocycles. The van der Waals surface area contributed by atoms with Crippen LogP contribution >= 0.6 is 45.3 Å². The molecule has 0 aliphatic rings. The van der Waals surface area contributed by atoms with E-state index in [1.54, 1.807) is 57.5 Å². The second-order valence-electron chi connectivity index (χ2n) is 7.60. The average Bonchev–Trinajstić information content (AvgIpc) is 3.70. The average molecular weight is 539 g/mol. The molecule has 0 aliphatic heterocycles. The molecule has 0 amide bonds. The molecular formula is C28H18N4S4. The van der Waals surface area contributed by atoms with Gasteiger partial charge in [0.05, 0.1) is 0 Å². The van der Waals surface area contributed by atoms with E-state index in [0.29, 0.717) is 0 Å². The Morgan fingerprint density at radius 1 is 0.611 bits per heavy atom. The normalized spacial score (nSPS) is 10.1. The van der Waals surface area contributed by atoms with Crippen molar-refractivity contribution in [2.24, 2.45) is 0 Å². The Labute approximate surface area is 226 Å². The molecule has 4 aromatic rings. The third-order valence-electron chi connectivity index (χ3n) is 5.38. The maximum Gasteiger partial charge on any atom is 0.131 e. The minimum Gasteiger partial charge on any atom is -0.192 e. The van der Waals surface area contributed by atoms with E-state index < -0.39 is 0 Å². The van der Waals surface area contributed by atoms with Gasteiger partial charge in [-0.3, -0.25) is 0 Å². The first-order valence-electron chi connectivity index (χ1n) is 11.0. The lowest BCUT2D eigenvalue weighted by atomic mass is 10.1. The molecular weight excluding hydrogens is 521 g/mol. The Bertz CT molecular complexity index is 1500. The number of nitriles is 4. The molecule has 0 bridgehead atoms. The summed E-state index contributed by atoms with van der Waals surface area (Å²) in [6.07, 6.45) is 5.05. The van der Waals surface area contributed by atoms with Crippen LogP contribution in [0.2, 0.25) is 0 Å². The zero-order valence-corrected chi connectivity index (χ0v) is 22.7. The molecule has 0 atom stereocenters. The number of aryl methyl sites for hydroxylation is 2. The van der Waals surface area contributed by atoms with Crippen LogP contribution < -0.4 is 0 Å². The molecule has 4 heterocycles. The molecule has 8 heteroatoms. The topological polar surface area (TPSA) is 95.2 Å². The Hall–Kier alpha value is -3.76. The fourth-order valence-electron chi connectivity index (χ4n) is 3.63. The largest absolute Gasteiger partial charge is 0.192 e. The number of hydrogen-bond acceptors (Lipinski definition) is 8. The first-order valence-corrected chi connectivity index (χ1v) is 14.3. The van der Waals surface area contributed by atoms with Gasteiger partial charge in [-0.2, -0.15) is 21.0 Å². The van der Waals surface area contributed by atoms with Gasteiger partial charge in [0, 0.05) is 39.0 Å². The predicted octanol–water partition coefficient (Wildman–Crippen LogP) is 8.92. The van der Waals surface area contributed by atoms with Crippen LogP contribution in [-0.2, 0) is 12.8 Å². The smallest absolute Gasteiger partial charge is 0.131 e. The molecule has 4 nitrogen and oxygen atoms in total. The predicted molar refractivity (Wildman–Crippen MR) is 151 cm³/mol. The summed E-state index contributed by atoms with van der Waals surface area (Å²) in [6, 6.07) is 20.4. The molecule has 0 fully saturated rings. The molecule has 0 aliphatic carbocycles. The molecule has 4 aromatic heterocycles. The molecule has 0 saturated carbocycles. The second kappa shape index (κ2) is 11.3. The monoisotopic (exact) mass is 538 g/mol. The lowest BCUT2D eigenvalue weighted by Gasteiger charge is -1.97. The molecule has 36 heavy (non-hydrogen) atoms. The molecule has 0 aromatic carbocycles. The Kier molecular flexibility index (Phi) is 7.97. The van der Waals surface area contributed by atoms with Crippen molar-refractivity contribution in [3.63, 3.8) is 0 Å². The molecule has 0 spiro atoms. The van der Waals surface area contributed by atoms with Gasteiger partial charge in [0.2, 0.25) is 0 Å². The van der Waals surface area contributed by atoms with Crippen LogP contribution in [0.4, 0.5) is 0 Å². The van der Waals surface area contributed by atoms with Crippen molar-refractivity contribution in [3.8, 4) is 53.5 Å². The van der Waals surface area contributed by atoms with Crippen molar-refractivity contribution in [2.45, 2.75) is 26.7 Å². The highest BCUT2D eigenvalue weighted by molar-refractivity contribution is 7.28. The first kappa shape index (κ1) is 25.3. The van der Waals surface area contributed by atoms with Crippen LogP contribution in [0.5, 0.6) is 0 Å². The SMILES string of the molecule is CCc1cc(C=C(C#N)C#N)sc1-c1ccc(-c2ccc(-c3sc(C=C(C#N)C#N)cc3CC)s2)s1. The number of rotatable bonds is 7. The van der Waals surface area contributed by atoms with Gasteiger partial charge in [-0.25, -0.2) is 0 Å². The third-order valence-corrected chi connectivity index (χ3v) is 10.4. The number of allylic oxidation sites excluding steroid dienone is 2. The highest BCUT2D eigenvalue weighted by atomic mass is 32.1. The Balaban J connectivity index is 1.65. The van der Waals surface area contributed by atoms with E-state index in [0.717, 1.165) is 22.6 Å². The van der Waals surface area contributed by atoms with Gasteiger partial charge in [-0.15, -0.1) is 45.3 Å². The number of hydrogen-bond donors (Lipinski definition) is 0. The van der Waals surface area contributed by atoms with Gasteiger partial charge in [-0.1, -0.05) is 13.8 Å². The van der Waals surface area contributed by atoms with E-state index in [9.17, 15) is 0 Å². The molecule has 4 rings (SSSR count). The van der Waals surface area contributed by atoms with Gasteiger partial charge in [0.1, 0.15) is 35.4 Å². The second-order valence-corrected chi connectivity index (χ2v) is 11.9. The van der Waals surface area contributed by atoms with Gasteiger partial charge in [-0.05, 0) is 72.5 Å². The molecule has 0 unspecified atom stereocenters. The molecule has 174 valence electrons. The van der Waals surface area contributed by atoms with E-state index in [1.165, 1.54) is 40.4 Å². The lowest BCUT2D eigenvalue weighted by Crippen LogP contribution is -1.76. The maximum absolute atomic E-state index is 9.09. The van der Waals surface area contributed by atoms with E-state index in [-0.39, 0.29) is 11.1 Å². The van der Waals surface area contributed by atoms with Crippen molar-refractivity contribution in [1.82, 2.24) is 0 Å². The number of nitrogens with zero attached hydrogens (tertiary/aromatic N) is 4. The quantitative estimate of drug-likeness (QED) is 0.219. The minimum absolute atomic E-state index is 0.110. The van der Waals surface area contributed by atoms with Crippen molar-refractivity contribution in [3.05, 3.63) is 68.4 Å². The fourth-order valence-corrected chi connectivity index (χ4v) is 8.42. The standard InChI is InChI=1S/C28H18N4S4/c1-3-19-11-21(9-17(13-29)14-30)33-27(19)25-7-5-23(35-25)24-6-8-26(36-24)28-20(4-2)12-22(34-28)10-18(15-31)16-32/h5-12H,3-4H2,1-2H3. The van der Waals surface area contributed by atoms with Crippen LogP contribution in [0.25, 0.3) is 41.4 Å². The van der Waals surface area contributed by atoms with Gasteiger partial charge >= 0.3 is 0 Å². The zero-order chi connectivity index (χ0) is 25.7. The number of thiophene rings is 4. The van der Waals surface area contributed by atoms with Gasteiger partial charge in [0.15, 0.2) is 0 Å². The first-order chi connectivity index (χ1) is 17.5. The molecule has 0 N–H and O–H groups in total. The highest BCUT2D eigenvalue weighted by Gasteiger charge is 2.16. The van der Waals surface area contributed by atoms with Crippen LogP contribution in [0.1, 0.15) is 34.7 Å². The fraction of sp³-hybridized carbons (Fsp3) is 0.143. The van der Waals surface area contributed by atoms with E-state index in [1.807, 2.05) is 24.3 Å². The van der Waals surface area contributed by atoms with E-state index >= 15 is 0 Å². The summed E-state index contributed by atoms with van der Waals surface area (Å²) >= 11 is 6.70. The van der Waals surface area contributed by atoms with Crippen molar-refractivity contribution in [1.29, 1.82) is 21.0 Å².